The van der Waals surface area contributed by atoms with Crippen molar-refractivity contribution in [2.45, 2.75) is 19.4 Å². The standard InChI is InChI=1S/C11H17NO2/c1-8-6-14-7-10(8)11(13)9-3-4-12(2)5-9/h6-7,9,11,13H,3-5H2,1-2H3. The van der Waals surface area contributed by atoms with E-state index in [0.717, 1.165) is 30.6 Å². The van der Waals surface area contributed by atoms with Crippen LogP contribution in [0.5, 0.6) is 0 Å². The molecule has 1 saturated heterocycles. The number of aliphatic hydroxyl groups excluding tert-OH is 1. The van der Waals surface area contributed by atoms with Crippen LogP contribution in [0, 0.1) is 12.8 Å². The van der Waals surface area contributed by atoms with Crippen LogP contribution < -0.4 is 0 Å². The lowest BCUT2D eigenvalue weighted by Crippen LogP contribution is -2.18. The molecule has 14 heavy (non-hydrogen) atoms. The molecule has 1 aliphatic rings. The van der Waals surface area contributed by atoms with Gasteiger partial charge >= 0.3 is 0 Å². The zero-order chi connectivity index (χ0) is 10.1. The molecule has 0 saturated carbocycles. The third-order valence-electron chi connectivity index (χ3n) is 3.09. The summed E-state index contributed by atoms with van der Waals surface area (Å²) >= 11 is 0. The molecule has 0 radical (unpaired) electrons. The van der Waals surface area contributed by atoms with Gasteiger partial charge in [-0.1, -0.05) is 0 Å². The third kappa shape index (κ3) is 1.70. The van der Waals surface area contributed by atoms with Crippen LogP contribution in [0.1, 0.15) is 23.7 Å². The third-order valence-corrected chi connectivity index (χ3v) is 3.09. The Labute approximate surface area is 84.3 Å². The maximum absolute atomic E-state index is 10.1. The van der Waals surface area contributed by atoms with E-state index in [0.29, 0.717) is 5.92 Å². The lowest BCUT2D eigenvalue weighted by molar-refractivity contribution is 0.111. The van der Waals surface area contributed by atoms with E-state index >= 15 is 0 Å². The minimum atomic E-state index is -0.362. The summed E-state index contributed by atoms with van der Waals surface area (Å²) in [5, 5.41) is 10.1. The van der Waals surface area contributed by atoms with Crippen LogP contribution in [-0.4, -0.2) is 30.1 Å². The van der Waals surface area contributed by atoms with Crippen LogP contribution in [0.15, 0.2) is 16.9 Å². The largest absolute Gasteiger partial charge is 0.472 e. The monoisotopic (exact) mass is 195 g/mol. The predicted octanol–water partition coefficient (Wildman–Crippen LogP) is 1.57. The smallest absolute Gasteiger partial charge is 0.0963 e. The number of hydrogen-bond acceptors (Lipinski definition) is 3. The van der Waals surface area contributed by atoms with Crippen molar-refractivity contribution in [3.8, 4) is 0 Å². The Morgan fingerprint density at radius 2 is 2.36 bits per heavy atom. The van der Waals surface area contributed by atoms with E-state index in [1.165, 1.54) is 0 Å². The summed E-state index contributed by atoms with van der Waals surface area (Å²) in [6, 6.07) is 0. The average molecular weight is 195 g/mol. The van der Waals surface area contributed by atoms with E-state index < -0.39 is 0 Å². The van der Waals surface area contributed by atoms with E-state index in [1.807, 2.05) is 6.92 Å². The van der Waals surface area contributed by atoms with Gasteiger partial charge in [0, 0.05) is 18.0 Å². The topological polar surface area (TPSA) is 36.6 Å². The van der Waals surface area contributed by atoms with Gasteiger partial charge in [0.25, 0.3) is 0 Å². The molecule has 78 valence electrons. The summed E-state index contributed by atoms with van der Waals surface area (Å²) in [5.74, 6) is 0.358. The average Bonchev–Trinajstić information content (AvgIpc) is 2.73. The number of furan rings is 1. The summed E-state index contributed by atoms with van der Waals surface area (Å²) < 4.78 is 5.08. The van der Waals surface area contributed by atoms with Crippen LogP contribution in [0.2, 0.25) is 0 Å². The summed E-state index contributed by atoms with van der Waals surface area (Å²) in [4.78, 5) is 2.25. The van der Waals surface area contributed by atoms with Gasteiger partial charge in [0.05, 0.1) is 18.6 Å². The molecule has 3 nitrogen and oxygen atoms in total. The van der Waals surface area contributed by atoms with Gasteiger partial charge in [0.15, 0.2) is 0 Å². The Bertz CT molecular complexity index is 308. The first-order valence-electron chi connectivity index (χ1n) is 5.08. The SMILES string of the molecule is Cc1cocc1C(O)C1CCN(C)C1. The first kappa shape index (κ1) is 9.74. The molecule has 0 aliphatic carbocycles. The molecule has 2 unspecified atom stereocenters. The molecule has 0 aromatic carbocycles. The molecule has 1 aliphatic heterocycles. The molecule has 2 atom stereocenters. The highest BCUT2D eigenvalue weighted by atomic mass is 16.3. The first-order chi connectivity index (χ1) is 6.68. The molecule has 3 heteroatoms. The molecule has 2 rings (SSSR count). The van der Waals surface area contributed by atoms with Crippen LogP contribution in [-0.2, 0) is 0 Å². The summed E-state index contributed by atoms with van der Waals surface area (Å²) in [5.41, 5.74) is 2.00. The number of hydrogen-bond donors (Lipinski definition) is 1. The highest BCUT2D eigenvalue weighted by molar-refractivity contribution is 5.22. The number of nitrogens with zero attached hydrogens (tertiary/aromatic N) is 1. The Morgan fingerprint density at radius 3 is 2.86 bits per heavy atom. The van der Waals surface area contributed by atoms with Gasteiger partial charge in [-0.05, 0) is 32.5 Å². The van der Waals surface area contributed by atoms with Gasteiger partial charge in [-0.2, -0.15) is 0 Å². The van der Waals surface area contributed by atoms with Crippen molar-refractivity contribution in [1.29, 1.82) is 0 Å². The van der Waals surface area contributed by atoms with Crippen molar-refractivity contribution in [2.24, 2.45) is 5.92 Å². The highest BCUT2D eigenvalue weighted by Crippen LogP contribution is 2.31. The molecular formula is C11H17NO2. The van der Waals surface area contributed by atoms with Gasteiger partial charge in [-0.3, -0.25) is 0 Å². The Balaban J connectivity index is 2.09. The van der Waals surface area contributed by atoms with Gasteiger partial charge < -0.3 is 14.4 Å². The second kappa shape index (κ2) is 3.75. The molecule has 0 spiro atoms. The van der Waals surface area contributed by atoms with Gasteiger partial charge in [-0.25, -0.2) is 0 Å². The lowest BCUT2D eigenvalue weighted by atomic mass is 9.95. The quantitative estimate of drug-likeness (QED) is 0.778. The maximum atomic E-state index is 10.1. The summed E-state index contributed by atoms with van der Waals surface area (Å²) in [6.07, 6.45) is 4.07. The molecular weight excluding hydrogens is 178 g/mol. The number of likely N-dealkylation sites (tertiary alicyclic amines) is 1. The van der Waals surface area contributed by atoms with Crippen molar-refractivity contribution in [3.05, 3.63) is 23.7 Å². The fraction of sp³-hybridized carbons (Fsp3) is 0.636. The lowest BCUT2D eigenvalue weighted by Gasteiger charge is -2.17. The second-order valence-corrected chi connectivity index (χ2v) is 4.27. The van der Waals surface area contributed by atoms with Crippen molar-refractivity contribution in [3.63, 3.8) is 0 Å². The summed E-state index contributed by atoms with van der Waals surface area (Å²) in [6.45, 7) is 4.03. The number of aryl methyl sites for hydroxylation is 1. The Kier molecular flexibility index (Phi) is 2.61. The molecule has 2 heterocycles. The predicted molar refractivity (Wildman–Crippen MR) is 54.0 cm³/mol. The van der Waals surface area contributed by atoms with Gasteiger partial charge in [0.2, 0.25) is 0 Å². The molecule has 1 N–H and O–H groups in total. The van der Waals surface area contributed by atoms with E-state index in [-0.39, 0.29) is 6.10 Å². The van der Waals surface area contributed by atoms with Crippen molar-refractivity contribution < 1.29 is 9.52 Å². The zero-order valence-electron chi connectivity index (χ0n) is 8.73. The number of aliphatic hydroxyl groups is 1. The van der Waals surface area contributed by atoms with Gasteiger partial charge in [0.1, 0.15) is 0 Å². The first-order valence-corrected chi connectivity index (χ1v) is 5.08. The van der Waals surface area contributed by atoms with Crippen LogP contribution >= 0.6 is 0 Å². The Morgan fingerprint density at radius 1 is 1.57 bits per heavy atom. The van der Waals surface area contributed by atoms with Crippen molar-refractivity contribution in [1.82, 2.24) is 4.90 Å². The van der Waals surface area contributed by atoms with Crippen LogP contribution in [0.4, 0.5) is 0 Å². The van der Waals surface area contributed by atoms with Gasteiger partial charge in [-0.15, -0.1) is 0 Å². The molecule has 1 aromatic heterocycles. The van der Waals surface area contributed by atoms with Crippen LogP contribution in [0.3, 0.4) is 0 Å². The minimum Gasteiger partial charge on any atom is -0.472 e. The normalized spacial score (nSPS) is 25.5. The number of rotatable bonds is 2. The fourth-order valence-corrected chi connectivity index (χ4v) is 2.15. The zero-order valence-corrected chi connectivity index (χ0v) is 8.73. The van der Waals surface area contributed by atoms with E-state index in [2.05, 4.69) is 11.9 Å². The molecule has 0 bridgehead atoms. The van der Waals surface area contributed by atoms with Crippen LogP contribution in [0.25, 0.3) is 0 Å². The maximum Gasteiger partial charge on any atom is 0.0963 e. The van der Waals surface area contributed by atoms with E-state index in [1.54, 1.807) is 12.5 Å². The molecule has 1 aromatic rings. The van der Waals surface area contributed by atoms with Crippen molar-refractivity contribution >= 4 is 0 Å². The van der Waals surface area contributed by atoms with E-state index in [4.69, 9.17) is 4.42 Å². The fourth-order valence-electron chi connectivity index (χ4n) is 2.15. The van der Waals surface area contributed by atoms with E-state index in [9.17, 15) is 5.11 Å². The Hall–Kier alpha value is -0.800. The second-order valence-electron chi connectivity index (χ2n) is 4.27. The minimum absolute atomic E-state index is 0.358. The van der Waals surface area contributed by atoms with Crippen molar-refractivity contribution in [2.75, 3.05) is 20.1 Å². The molecule has 1 fully saturated rings. The highest BCUT2D eigenvalue weighted by Gasteiger charge is 2.28. The summed E-state index contributed by atoms with van der Waals surface area (Å²) in [7, 11) is 2.09. The molecule has 0 amide bonds.